The van der Waals surface area contributed by atoms with Crippen molar-refractivity contribution in [1.82, 2.24) is 0 Å². The summed E-state index contributed by atoms with van der Waals surface area (Å²) in [6.07, 6.45) is 7.85. The molecular formula is C13H25N. The van der Waals surface area contributed by atoms with E-state index in [1.807, 2.05) is 0 Å². The highest BCUT2D eigenvalue weighted by atomic mass is 14.6. The summed E-state index contributed by atoms with van der Waals surface area (Å²) in [6.45, 7) is 8.68. The standard InChI is InChI=1S/C13H25N/c1-5-9-11(7-3)13(14)12(8-4)10-6-2/h7H,5-6,8-10,14H2,1-4H3/b11-7+,13-12-. The molecule has 0 aliphatic rings. The molecule has 0 aliphatic heterocycles. The Bertz CT molecular complexity index is 211. The molecule has 0 aromatic rings. The number of allylic oxidation sites excluding steroid dienone is 3. The van der Waals surface area contributed by atoms with E-state index < -0.39 is 0 Å². The lowest BCUT2D eigenvalue weighted by molar-refractivity contribution is 0.824. The molecule has 0 saturated heterocycles. The van der Waals surface area contributed by atoms with Gasteiger partial charge in [0.15, 0.2) is 0 Å². The molecule has 0 radical (unpaired) electrons. The minimum atomic E-state index is 1.05. The molecule has 0 heterocycles. The minimum Gasteiger partial charge on any atom is -0.399 e. The van der Waals surface area contributed by atoms with Crippen LogP contribution in [0.3, 0.4) is 0 Å². The maximum atomic E-state index is 6.17. The van der Waals surface area contributed by atoms with Crippen LogP contribution in [-0.4, -0.2) is 0 Å². The Morgan fingerprint density at radius 3 is 2.00 bits per heavy atom. The third-order valence-electron chi connectivity index (χ3n) is 2.57. The van der Waals surface area contributed by atoms with Crippen LogP contribution < -0.4 is 5.73 Å². The summed E-state index contributed by atoms with van der Waals surface area (Å²) < 4.78 is 0. The molecule has 0 bridgehead atoms. The van der Waals surface area contributed by atoms with Crippen LogP contribution in [0.2, 0.25) is 0 Å². The van der Waals surface area contributed by atoms with E-state index in [-0.39, 0.29) is 0 Å². The molecule has 0 aromatic heterocycles. The largest absolute Gasteiger partial charge is 0.399 e. The molecule has 0 rings (SSSR count). The molecule has 0 unspecified atom stereocenters. The summed E-state index contributed by atoms with van der Waals surface area (Å²) in [5.74, 6) is 0. The van der Waals surface area contributed by atoms with Crippen molar-refractivity contribution in [2.75, 3.05) is 0 Å². The molecule has 0 saturated carbocycles. The predicted molar refractivity (Wildman–Crippen MR) is 65.1 cm³/mol. The molecule has 1 nitrogen and oxygen atoms in total. The molecule has 0 spiro atoms. The zero-order chi connectivity index (χ0) is 11.0. The Morgan fingerprint density at radius 1 is 1.07 bits per heavy atom. The minimum absolute atomic E-state index is 1.05. The molecule has 2 N–H and O–H groups in total. The van der Waals surface area contributed by atoms with Crippen molar-refractivity contribution in [3.63, 3.8) is 0 Å². The Morgan fingerprint density at radius 2 is 1.64 bits per heavy atom. The first-order chi connectivity index (χ1) is 6.71. The Kier molecular flexibility index (Phi) is 7.27. The van der Waals surface area contributed by atoms with Gasteiger partial charge >= 0.3 is 0 Å². The first-order valence-electron chi connectivity index (χ1n) is 5.84. The fourth-order valence-electron chi connectivity index (χ4n) is 1.73. The van der Waals surface area contributed by atoms with Crippen molar-refractivity contribution in [1.29, 1.82) is 0 Å². The van der Waals surface area contributed by atoms with Gasteiger partial charge < -0.3 is 5.73 Å². The summed E-state index contributed by atoms with van der Waals surface area (Å²) in [4.78, 5) is 0. The van der Waals surface area contributed by atoms with Gasteiger partial charge in [0.25, 0.3) is 0 Å². The third-order valence-corrected chi connectivity index (χ3v) is 2.57. The Balaban J connectivity index is 4.71. The number of nitrogens with two attached hydrogens (primary N) is 1. The van der Waals surface area contributed by atoms with Crippen molar-refractivity contribution in [2.45, 2.75) is 59.8 Å². The summed E-state index contributed by atoms with van der Waals surface area (Å²) in [5.41, 5.74) is 9.98. The number of hydrogen-bond donors (Lipinski definition) is 1. The second kappa shape index (κ2) is 7.66. The first-order valence-corrected chi connectivity index (χ1v) is 5.84. The fraction of sp³-hybridized carbons (Fsp3) is 0.692. The molecule has 0 aromatic carbocycles. The molecule has 1 heteroatoms. The normalized spacial score (nSPS) is 14.1. The lowest BCUT2D eigenvalue weighted by Crippen LogP contribution is -2.06. The monoisotopic (exact) mass is 195 g/mol. The highest BCUT2D eigenvalue weighted by Gasteiger charge is 2.04. The van der Waals surface area contributed by atoms with Gasteiger partial charge in [-0.3, -0.25) is 0 Å². The molecule has 14 heavy (non-hydrogen) atoms. The van der Waals surface area contributed by atoms with E-state index >= 15 is 0 Å². The van der Waals surface area contributed by atoms with Crippen LogP contribution in [0.25, 0.3) is 0 Å². The van der Waals surface area contributed by atoms with E-state index in [9.17, 15) is 0 Å². The second-order valence-corrected chi connectivity index (χ2v) is 3.68. The van der Waals surface area contributed by atoms with E-state index in [4.69, 9.17) is 5.73 Å². The molecule has 0 atom stereocenters. The van der Waals surface area contributed by atoms with Crippen LogP contribution in [0.1, 0.15) is 59.8 Å². The topological polar surface area (TPSA) is 26.0 Å². The summed E-state index contributed by atoms with van der Waals surface area (Å²) in [7, 11) is 0. The van der Waals surface area contributed by atoms with Crippen molar-refractivity contribution < 1.29 is 0 Å². The van der Waals surface area contributed by atoms with E-state index in [0.29, 0.717) is 0 Å². The van der Waals surface area contributed by atoms with Gasteiger partial charge in [0, 0.05) is 5.70 Å². The van der Waals surface area contributed by atoms with Gasteiger partial charge in [-0.2, -0.15) is 0 Å². The van der Waals surface area contributed by atoms with Crippen molar-refractivity contribution in [2.24, 2.45) is 5.73 Å². The van der Waals surface area contributed by atoms with Crippen LogP contribution in [0.5, 0.6) is 0 Å². The van der Waals surface area contributed by atoms with Crippen molar-refractivity contribution in [3.05, 3.63) is 22.9 Å². The van der Waals surface area contributed by atoms with E-state index in [0.717, 1.165) is 25.0 Å². The van der Waals surface area contributed by atoms with Crippen LogP contribution in [0.4, 0.5) is 0 Å². The van der Waals surface area contributed by atoms with Gasteiger partial charge in [-0.15, -0.1) is 0 Å². The average molecular weight is 195 g/mol. The maximum absolute atomic E-state index is 6.17. The third kappa shape index (κ3) is 3.99. The summed E-state index contributed by atoms with van der Waals surface area (Å²) in [6, 6.07) is 0. The van der Waals surface area contributed by atoms with Crippen LogP contribution in [0.15, 0.2) is 22.9 Å². The van der Waals surface area contributed by atoms with Gasteiger partial charge in [0.2, 0.25) is 0 Å². The van der Waals surface area contributed by atoms with Crippen LogP contribution in [-0.2, 0) is 0 Å². The van der Waals surface area contributed by atoms with Gasteiger partial charge in [-0.25, -0.2) is 0 Å². The lowest BCUT2D eigenvalue weighted by atomic mass is 9.98. The van der Waals surface area contributed by atoms with Gasteiger partial charge in [0.05, 0.1) is 0 Å². The van der Waals surface area contributed by atoms with Gasteiger partial charge in [-0.1, -0.05) is 39.7 Å². The SMILES string of the molecule is C/C=C(CCC)/C(N)=C(\CC)CCC. The van der Waals surface area contributed by atoms with E-state index in [1.165, 1.54) is 24.0 Å². The molecule has 82 valence electrons. The van der Waals surface area contributed by atoms with Crippen LogP contribution in [0, 0.1) is 0 Å². The van der Waals surface area contributed by atoms with E-state index in [1.54, 1.807) is 0 Å². The van der Waals surface area contributed by atoms with Crippen molar-refractivity contribution in [3.8, 4) is 0 Å². The van der Waals surface area contributed by atoms with E-state index in [2.05, 4.69) is 33.8 Å². The maximum Gasteiger partial charge on any atom is 0.0335 e. The smallest absolute Gasteiger partial charge is 0.0335 e. The Labute approximate surface area is 89.1 Å². The van der Waals surface area contributed by atoms with Crippen LogP contribution >= 0.6 is 0 Å². The highest BCUT2D eigenvalue weighted by molar-refractivity contribution is 5.32. The first kappa shape index (κ1) is 13.3. The summed E-state index contributed by atoms with van der Waals surface area (Å²) >= 11 is 0. The number of rotatable bonds is 6. The Hall–Kier alpha value is -0.720. The number of hydrogen-bond acceptors (Lipinski definition) is 1. The fourth-order valence-corrected chi connectivity index (χ4v) is 1.73. The molecule has 0 amide bonds. The highest BCUT2D eigenvalue weighted by Crippen LogP contribution is 2.20. The molecule has 0 fully saturated rings. The molecule has 0 aliphatic carbocycles. The van der Waals surface area contributed by atoms with Gasteiger partial charge in [0.1, 0.15) is 0 Å². The quantitative estimate of drug-likeness (QED) is 0.633. The second-order valence-electron chi connectivity index (χ2n) is 3.68. The average Bonchev–Trinajstić information content (AvgIpc) is 2.21. The van der Waals surface area contributed by atoms with Crippen molar-refractivity contribution >= 4 is 0 Å². The predicted octanol–water partition coefficient (Wildman–Crippen LogP) is 4.16. The van der Waals surface area contributed by atoms with Gasteiger partial charge in [-0.05, 0) is 37.3 Å². The lowest BCUT2D eigenvalue weighted by Gasteiger charge is -2.12. The molecular weight excluding hydrogens is 170 g/mol. The zero-order valence-corrected chi connectivity index (χ0v) is 10.2. The summed E-state index contributed by atoms with van der Waals surface area (Å²) in [5, 5.41) is 0. The zero-order valence-electron chi connectivity index (χ0n) is 10.2.